The van der Waals surface area contributed by atoms with Crippen LogP contribution in [0, 0.1) is 6.92 Å². The lowest BCUT2D eigenvalue weighted by molar-refractivity contribution is -0.280. The van der Waals surface area contributed by atoms with Gasteiger partial charge in [0.15, 0.2) is 0 Å². The summed E-state index contributed by atoms with van der Waals surface area (Å²) >= 11 is 0. The molecule has 0 bridgehead atoms. The van der Waals surface area contributed by atoms with E-state index in [4.69, 9.17) is 14.2 Å². The second kappa shape index (κ2) is 8.30. The van der Waals surface area contributed by atoms with Gasteiger partial charge in [0.2, 0.25) is 5.60 Å². The number of hydrogen-bond acceptors (Lipinski definition) is 6. The topological polar surface area (TPSA) is 85.2 Å². The standard InChI is InChI=1S/C26H26O6/c1-4-31-24(27)25(28)23(18-12-14-20(30-3)15-13-18)21-10-5-6-11-22(21)32-26(25,29)19-9-7-8-17(2)16-19/h5-16,23,28-29H,4H2,1-3H3/t23?,25-,26+/m1/s1. The molecule has 0 radical (unpaired) electrons. The van der Waals surface area contributed by atoms with Crippen molar-refractivity contribution >= 4 is 5.97 Å². The summed E-state index contributed by atoms with van der Waals surface area (Å²) in [6.07, 6.45) is 0. The molecule has 0 amide bonds. The lowest BCUT2D eigenvalue weighted by atomic mass is 9.68. The van der Waals surface area contributed by atoms with E-state index in [-0.39, 0.29) is 12.2 Å². The molecule has 0 saturated carbocycles. The van der Waals surface area contributed by atoms with Gasteiger partial charge in [-0.2, -0.15) is 0 Å². The van der Waals surface area contributed by atoms with Crippen LogP contribution in [0.3, 0.4) is 0 Å². The number of benzene rings is 3. The summed E-state index contributed by atoms with van der Waals surface area (Å²) in [5.41, 5.74) is -0.222. The Morgan fingerprint density at radius 2 is 1.75 bits per heavy atom. The van der Waals surface area contributed by atoms with Crippen LogP contribution >= 0.6 is 0 Å². The summed E-state index contributed by atoms with van der Waals surface area (Å²) in [5.74, 6) is -3.35. The summed E-state index contributed by atoms with van der Waals surface area (Å²) in [7, 11) is 1.56. The van der Waals surface area contributed by atoms with Crippen molar-refractivity contribution in [3.8, 4) is 11.5 Å². The van der Waals surface area contributed by atoms with E-state index >= 15 is 0 Å². The molecule has 1 unspecified atom stereocenters. The molecule has 6 heteroatoms. The number of carbonyl (C=O) groups is 1. The fourth-order valence-corrected chi connectivity index (χ4v) is 4.32. The van der Waals surface area contributed by atoms with Gasteiger partial charge in [0.25, 0.3) is 5.79 Å². The van der Waals surface area contributed by atoms with E-state index in [1.54, 1.807) is 80.8 Å². The molecule has 0 aromatic heterocycles. The SMILES string of the molecule is CCOC(=O)[C@]1(O)C(c2ccc(OC)cc2)c2ccccc2O[C@@]1(O)c1cccc(C)c1. The molecule has 0 aliphatic carbocycles. The van der Waals surface area contributed by atoms with E-state index in [1.807, 2.05) is 13.0 Å². The minimum Gasteiger partial charge on any atom is -0.497 e. The monoisotopic (exact) mass is 434 g/mol. The number of ether oxygens (including phenoxy) is 3. The molecule has 2 N–H and O–H groups in total. The Kier molecular flexibility index (Phi) is 5.67. The van der Waals surface area contributed by atoms with Crippen molar-refractivity contribution in [3.05, 3.63) is 95.1 Å². The Morgan fingerprint density at radius 1 is 1.03 bits per heavy atom. The average molecular weight is 434 g/mol. The number of methoxy groups -OCH3 is 1. The van der Waals surface area contributed by atoms with Crippen LogP contribution in [0.5, 0.6) is 11.5 Å². The van der Waals surface area contributed by atoms with Gasteiger partial charge in [0, 0.05) is 11.1 Å². The minimum absolute atomic E-state index is 0.0298. The van der Waals surface area contributed by atoms with Gasteiger partial charge in [-0.05, 0) is 43.7 Å². The van der Waals surface area contributed by atoms with Gasteiger partial charge >= 0.3 is 5.97 Å². The smallest absolute Gasteiger partial charge is 0.346 e. The van der Waals surface area contributed by atoms with Gasteiger partial charge in [-0.15, -0.1) is 0 Å². The van der Waals surface area contributed by atoms with Gasteiger partial charge in [-0.25, -0.2) is 4.79 Å². The number of carbonyl (C=O) groups excluding carboxylic acids is 1. The van der Waals surface area contributed by atoms with E-state index in [0.717, 1.165) is 5.56 Å². The third kappa shape index (κ3) is 3.32. The van der Waals surface area contributed by atoms with Crippen molar-refractivity contribution in [1.82, 2.24) is 0 Å². The van der Waals surface area contributed by atoms with Crippen LogP contribution in [0.4, 0.5) is 0 Å². The number of hydrogen-bond donors (Lipinski definition) is 2. The molecule has 1 aliphatic rings. The first-order chi connectivity index (χ1) is 15.3. The molecule has 6 nitrogen and oxygen atoms in total. The Hall–Kier alpha value is -3.35. The van der Waals surface area contributed by atoms with E-state index in [9.17, 15) is 15.0 Å². The molecule has 1 aliphatic heterocycles. The summed E-state index contributed by atoms with van der Waals surface area (Å²) in [6, 6.07) is 20.9. The maximum atomic E-state index is 13.4. The molecule has 3 aromatic carbocycles. The first kappa shape index (κ1) is 21.9. The normalized spacial score (nSPS) is 24.2. The fourth-order valence-electron chi connectivity index (χ4n) is 4.32. The quantitative estimate of drug-likeness (QED) is 0.596. The molecule has 3 aromatic rings. The maximum absolute atomic E-state index is 13.4. The predicted octanol–water partition coefficient (Wildman–Crippen LogP) is 3.67. The number of aryl methyl sites for hydroxylation is 1. The molecule has 0 spiro atoms. The number of rotatable bonds is 5. The van der Waals surface area contributed by atoms with Crippen LogP contribution in [0.1, 0.15) is 35.1 Å². The van der Waals surface area contributed by atoms with Gasteiger partial charge in [-0.3, -0.25) is 0 Å². The van der Waals surface area contributed by atoms with Crippen molar-refractivity contribution in [2.24, 2.45) is 0 Å². The number of fused-ring (bicyclic) bond motifs is 1. The van der Waals surface area contributed by atoms with Gasteiger partial charge in [0.1, 0.15) is 11.5 Å². The molecule has 3 atom stereocenters. The van der Waals surface area contributed by atoms with Gasteiger partial charge < -0.3 is 24.4 Å². The van der Waals surface area contributed by atoms with E-state index in [1.165, 1.54) is 0 Å². The largest absolute Gasteiger partial charge is 0.497 e. The number of aliphatic hydroxyl groups is 2. The number of esters is 1. The molecule has 0 fully saturated rings. The molecule has 0 saturated heterocycles. The first-order valence-corrected chi connectivity index (χ1v) is 10.5. The van der Waals surface area contributed by atoms with Gasteiger partial charge in [0.05, 0.1) is 19.6 Å². The summed E-state index contributed by atoms with van der Waals surface area (Å²) in [4.78, 5) is 13.4. The zero-order valence-electron chi connectivity index (χ0n) is 18.2. The zero-order valence-corrected chi connectivity index (χ0v) is 18.2. The van der Waals surface area contributed by atoms with Crippen molar-refractivity contribution in [3.63, 3.8) is 0 Å². The van der Waals surface area contributed by atoms with Crippen LogP contribution in [-0.2, 0) is 15.3 Å². The summed E-state index contributed by atoms with van der Waals surface area (Å²) in [6.45, 7) is 3.53. The highest BCUT2D eigenvalue weighted by atomic mass is 16.7. The van der Waals surface area contributed by atoms with E-state index < -0.39 is 23.3 Å². The minimum atomic E-state index is -2.47. The van der Waals surface area contributed by atoms with Crippen molar-refractivity contribution in [2.75, 3.05) is 13.7 Å². The van der Waals surface area contributed by atoms with Crippen LogP contribution in [-0.4, -0.2) is 35.5 Å². The fraction of sp³-hybridized carbons (Fsp3) is 0.269. The zero-order chi connectivity index (χ0) is 22.9. The van der Waals surface area contributed by atoms with Crippen LogP contribution in [0.15, 0.2) is 72.8 Å². The first-order valence-electron chi connectivity index (χ1n) is 10.5. The second-order valence-electron chi connectivity index (χ2n) is 7.85. The Morgan fingerprint density at radius 3 is 2.41 bits per heavy atom. The highest BCUT2D eigenvalue weighted by Gasteiger charge is 2.67. The molecule has 4 rings (SSSR count). The van der Waals surface area contributed by atoms with E-state index in [2.05, 4.69) is 0 Å². The second-order valence-corrected chi connectivity index (χ2v) is 7.85. The van der Waals surface area contributed by atoms with E-state index in [0.29, 0.717) is 22.6 Å². The van der Waals surface area contributed by atoms with Crippen LogP contribution in [0.25, 0.3) is 0 Å². The number of para-hydroxylation sites is 1. The van der Waals surface area contributed by atoms with Crippen LogP contribution < -0.4 is 9.47 Å². The average Bonchev–Trinajstić information content (AvgIpc) is 2.80. The molecule has 166 valence electrons. The van der Waals surface area contributed by atoms with Crippen molar-refractivity contribution in [2.45, 2.75) is 31.2 Å². The lowest BCUT2D eigenvalue weighted by Gasteiger charge is -2.49. The van der Waals surface area contributed by atoms with Gasteiger partial charge in [-0.1, -0.05) is 54.1 Å². The molecule has 32 heavy (non-hydrogen) atoms. The lowest BCUT2D eigenvalue weighted by Crippen LogP contribution is -2.66. The summed E-state index contributed by atoms with van der Waals surface area (Å²) in [5, 5.41) is 24.1. The highest BCUT2D eigenvalue weighted by molar-refractivity contribution is 5.85. The maximum Gasteiger partial charge on any atom is 0.346 e. The molecular formula is C26H26O6. The summed E-state index contributed by atoms with van der Waals surface area (Å²) < 4.78 is 16.6. The third-order valence-corrected chi connectivity index (χ3v) is 5.87. The molecular weight excluding hydrogens is 408 g/mol. The Balaban J connectivity index is 2.02. The predicted molar refractivity (Wildman–Crippen MR) is 119 cm³/mol. The van der Waals surface area contributed by atoms with Crippen LogP contribution in [0.2, 0.25) is 0 Å². The Labute approximate surface area is 187 Å². The Bertz CT molecular complexity index is 1130. The van der Waals surface area contributed by atoms with Crippen molar-refractivity contribution in [1.29, 1.82) is 0 Å². The molecule has 1 heterocycles. The third-order valence-electron chi connectivity index (χ3n) is 5.87. The van der Waals surface area contributed by atoms with Crippen molar-refractivity contribution < 1.29 is 29.2 Å². The highest BCUT2D eigenvalue weighted by Crippen LogP contribution is 2.54.